The molecule has 0 radical (unpaired) electrons. The van der Waals surface area contributed by atoms with Crippen molar-refractivity contribution in [3.8, 4) is 10.9 Å². The molecule has 7 heteroatoms. The maximum absolute atomic E-state index is 5.79. The van der Waals surface area contributed by atoms with Gasteiger partial charge in [0.15, 0.2) is 5.75 Å². The highest BCUT2D eigenvalue weighted by Gasteiger charge is 2.10. The van der Waals surface area contributed by atoms with E-state index < -0.39 is 0 Å². The standard InChI is InChI=1S/C14H20N4O2S/c1-4-11-12(6-5-10(2)16-11)20-14-18-17-13(21-14)9-15-7-8-19-3/h5-6,15H,4,7-9H2,1-3H3. The number of pyridine rings is 1. The van der Waals surface area contributed by atoms with Crippen molar-refractivity contribution in [3.63, 3.8) is 0 Å². The van der Waals surface area contributed by atoms with Gasteiger partial charge in [-0.3, -0.25) is 4.98 Å². The minimum absolute atomic E-state index is 0.541. The second-order valence-electron chi connectivity index (χ2n) is 4.48. The first-order chi connectivity index (χ1) is 10.2. The molecule has 2 aromatic rings. The van der Waals surface area contributed by atoms with Gasteiger partial charge >= 0.3 is 0 Å². The molecule has 114 valence electrons. The second kappa shape index (κ2) is 8.02. The Hall–Kier alpha value is -1.57. The van der Waals surface area contributed by atoms with E-state index in [1.807, 2.05) is 19.1 Å². The summed E-state index contributed by atoms with van der Waals surface area (Å²) in [5.74, 6) is 0.748. The van der Waals surface area contributed by atoms with E-state index in [9.17, 15) is 0 Å². The van der Waals surface area contributed by atoms with Gasteiger partial charge in [0.2, 0.25) is 0 Å². The number of rotatable bonds is 8. The highest BCUT2D eigenvalue weighted by Crippen LogP contribution is 2.27. The monoisotopic (exact) mass is 308 g/mol. The van der Waals surface area contributed by atoms with Crippen LogP contribution >= 0.6 is 11.3 Å². The van der Waals surface area contributed by atoms with Crippen molar-refractivity contribution in [3.05, 3.63) is 28.5 Å². The van der Waals surface area contributed by atoms with Gasteiger partial charge in [0.1, 0.15) is 5.01 Å². The van der Waals surface area contributed by atoms with Crippen LogP contribution in [0.25, 0.3) is 0 Å². The zero-order chi connectivity index (χ0) is 15.1. The maximum atomic E-state index is 5.79. The molecular formula is C14H20N4O2S. The number of nitrogens with one attached hydrogen (secondary N) is 1. The third-order valence-corrected chi connectivity index (χ3v) is 3.61. The summed E-state index contributed by atoms with van der Waals surface area (Å²) < 4.78 is 10.8. The average molecular weight is 308 g/mol. The van der Waals surface area contributed by atoms with Gasteiger partial charge in [-0.1, -0.05) is 23.4 Å². The lowest BCUT2D eigenvalue weighted by Crippen LogP contribution is -2.18. The number of ether oxygens (including phenoxy) is 2. The summed E-state index contributed by atoms with van der Waals surface area (Å²) in [5.41, 5.74) is 1.92. The predicted molar refractivity (Wildman–Crippen MR) is 81.9 cm³/mol. The van der Waals surface area contributed by atoms with Crippen molar-refractivity contribution in [2.75, 3.05) is 20.3 Å². The van der Waals surface area contributed by atoms with E-state index in [2.05, 4.69) is 27.4 Å². The Balaban J connectivity index is 1.96. The minimum Gasteiger partial charge on any atom is -0.428 e. The van der Waals surface area contributed by atoms with E-state index >= 15 is 0 Å². The highest BCUT2D eigenvalue weighted by atomic mass is 32.1. The number of methoxy groups -OCH3 is 1. The summed E-state index contributed by atoms with van der Waals surface area (Å²) in [7, 11) is 1.68. The van der Waals surface area contributed by atoms with Crippen LogP contribution in [-0.4, -0.2) is 35.4 Å². The summed E-state index contributed by atoms with van der Waals surface area (Å²) >= 11 is 1.43. The zero-order valence-electron chi connectivity index (χ0n) is 12.5. The average Bonchev–Trinajstić information content (AvgIpc) is 2.93. The van der Waals surface area contributed by atoms with E-state index in [1.54, 1.807) is 7.11 Å². The molecule has 2 heterocycles. The Morgan fingerprint density at radius 3 is 2.90 bits per heavy atom. The maximum Gasteiger partial charge on any atom is 0.299 e. The smallest absolute Gasteiger partial charge is 0.299 e. The number of aryl methyl sites for hydroxylation is 2. The van der Waals surface area contributed by atoms with Gasteiger partial charge in [0, 0.05) is 25.9 Å². The normalized spacial score (nSPS) is 10.8. The lowest BCUT2D eigenvalue weighted by atomic mass is 10.2. The summed E-state index contributed by atoms with van der Waals surface area (Å²) in [6.07, 6.45) is 0.821. The van der Waals surface area contributed by atoms with E-state index in [0.29, 0.717) is 18.3 Å². The van der Waals surface area contributed by atoms with Crippen molar-refractivity contribution >= 4 is 11.3 Å². The van der Waals surface area contributed by atoms with Crippen LogP contribution in [0.2, 0.25) is 0 Å². The van der Waals surface area contributed by atoms with E-state index in [1.165, 1.54) is 11.3 Å². The van der Waals surface area contributed by atoms with E-state index in [-0.39, 0.29) is 0 Å². The van der Waals surface area contributed by atoms with E-state index in [0.717, 1.165) is 35.1 Å². The Morgan fingerprint density at radius 1 is 1.29 bits per heavy atom. The van der Waals surface area contributed by atoms with Gasteiger partial charge in [0.25, 0.3) is 5.19 Å². The third kappa shape index (κ3) is 4.73. The molecule has 6 nitrogen and oxygen atoms in total. The van der Waals surface area contributed by atoms with Crippen LogP contribution in [0.4, 0.5) is 0 Å². The third-order valence-electron chi connectivity index (χ3n) is 2.81. The van der Waals surface area contributed by atoms with Crippen LogP contribution in [0.5, 0.6) is 10.9 Å². The van der Waals surface area contributed by atoms with Crippen molar-refractivity contribution in [1.82, 2.24) is 20.5 Å². The fourth-order valence-electron chi connectivity index (χ4n) is 1.76. The predicted octanol–water partition coefficient (Wildman–Crippen LogP) is 2.33. The molecule has 0 atom stereocenters. The number of aromatic nitrogens is 3. The van der Waals surface area contributed by atoms with Crippen LogP contribution in [0.15, 0.2) is 12.1 Å². The summed E-state index contributed by atoms with van der Waals surface area (Å²) in [6.45, 7) is 6.15. The van der Waals surface area contributed by atoms with Gasteiger partial charge in [-0.25, -0.2) is 0 Å². The van der Waals surface area contributed by atoms with Crippen molar-refractivity contribution < 1.29 is 9.47 Å². The molecule has 2 rings (SSSR count). The summed E-state index contributed by atoms with van der Waals surface area (Å²) in [4.78, 5) is 4.47. The largest absolute Gasteiger partial charge is 0.428 e. The van der Waals surface area contributed by atoms with Crippen LogP contribution < -0.4 is 10.1 Å². The summed E-state index contributed by atoms with van der Waals surface area (Å²) in [5, 5.41) is 12.8. The second-order valence-corrected chi connectivity index (χ2v) is 5.51. The molecule has 21 heavy (non-hydrogen) atoms. The van der Waals surface area contributed by atoms with Crippen LogP contribution in [0.1, 0.15) is 23.3 Å². The molecule has 0 saturated carbocycles. The van der Waals surface area contributed by atoms with Crippen LogP contribution in [0, 0.1) is 6.92 Å². The molecule has 0 spiro atoms. The Bertz CT molecular complexity index is 574. The molecule has 1 N–H and O–H groups in total. The molecule has 2 aromatic heterocycles. The lowest BCUT2D eigenvalue weighted by Gasteiger charge is -2.06. The number of hydrogen-bond donors (Lipinski definition) is 1. The molecule has 0 aliphatic rings. The van der Waals surface area contributed by atoms with Gasteiger partial charge in [-0.05, 0) is 25.5 Å². The number of hydrogen-bond acceptors (Lipinski definition) is 7. The van der Waals surface area contributed by atoms with Crippen LogP contribution in [-0.2, 0) is 17.7 Å². The Kier molecular flexibility index (Phi) is 6.04. The van der Waals surface area contributed by atoms with Gasteiger partial charge < -0.3 is 14.8 Å². The fraction of sp³-hybridized carbons (Fsp3) is 0.500. The molecule has 0 aliphatic carbocycles. The van der Waals surface area contributed by atoms with Gasteiger partial charge in [-0.15, -0.1) is 5.10 Å². The molecule has 0 aromatic carbocycles. The molecular weight excluding hydrogens is 288 g/mol. The first-order valence-corrected chi connectivity index (χ1v) is 7.71. The Morgan fingerprint density at radius 2 is 2.14 bits per heavy atom. The first-order valence-electron chi connectivity index (χ1n) is 6.89. The van der Waals surface area contributed by atoms with E-state index in [4.69, 9.17) is 9.47 Å². The number of nitrogens with zero attached hydrogens (tertiary/aromatic N) is 3. The molecule has 0 unspecified atom stereocenters. The molecule has 0 bridgehead atoms. The summed E-state index contributed by atoms with van der Waals surface area (Å²) in [6, 6.07) is 3.86. The Labute approximate surface area is 128 Å². The van der Waals surface area contributed by atoms with Crippen molar-refractivity contribution in [2.24, 2.45) is 0 Å². The van der Waals surface area contributed by atoms with Gasteiger partial charge in [-0.2, -0.15) is 0 Å². The topological polar surface area (TPSA) is 69.2 Å². The SMILES string of the molecule is CCc1nc(C)ccc1Oc1nnc(CNCCOC)s1. The van der Waals surface area contributed by atoms with Crippen LogP contribution in [0.3, 0.4) is 0 Å². The quantitative estimate of drug-likeness (QED) is 0.755. The van der Waals surface area contributed by atoms with Crippen molar-refractivity contribution in [2.45, 2.75) is 26.8 Å². The molecule has 0 aliphatic heterocycles. The zero-order valence-corrected chi connectivity index (χ0v) is 13.4. The lowest BCUT2D eigenvalue weighted by molar-refractivity contribution is 0.199. The van der Waals surface area contributed by atoms with Gasteiger partial charge in [0.05, 0.1) is 12.3 Å². The molecule has 0 amide bonds. The minimum atomic E-state index is 0.541. The molecule has 0 fully saturated rings. The van der Waals surface area contributed by atoms with Crippen molar-refractivity contribution in [1.29, 1.82) is 0 Å². The fourth-order valence-corrected chi connectivity index (χ4v) is 2.43. The highest BCUT2D eigenvalue weighted by molar-refractivity contribution is 7.13. The first kappa shape index (κ1) is 15.8. The molecule has 0 saturated heterocycles.